The number of hydrogen-bond donors (Lipinski definition) is 0. The Morgan fingerprint density at radius 3 is 2.06 bits per heavy atom. The summed E-state index contributed by atoms with van der Waals surface area (Å²) in [6.45, 7) is 0.911. The SMILES string of the molecule is COc1ccc(CN2C(=O)c3cccc4cccc(c34)C2=O)cc1S(=O)(=O)N1CCCCCC1. The third-order valence-corrected chi connectivity index (χ3v) is 8.53. The van der Waals surface area contributed by atoms with Crippen molar-refractivity contribution in [2.24, 2.45) is 0 Å². The fourth-order valence-electron chi connectivity index (χ4n) is 4.85. The molecule has 0 saturated carbocycles. The molecule has 0 spiro atoms. The lowest BCUT2D eigenvalue weighted by atomic mass is 9.94. The van der Waals surface area contributed by atoms with Crippen LogP contribution in [0.25, 0.3) is 10.8 Å². The second-order valence-electron chi connectivity index (χ2n) is 8.71. The Morgan fingerprint density at radius 2 is 1.47 bits per heavy atom. The Hall–Kier alpha value is -3.23. The number of carbonyl (C=O) groups is 2. The van der Waals surface area contributed by atoms with Crippen molar-refractivity contribution in [2.75, 3.05) is 20.2 Å². The second-order valence-corrected chi connectivity index (χ2v) is 10.6. The van der Waals surface area contributed by atoms with Gasteiger partial charge in [-0.3, -0.25) is 14.5 Å². The van der Waals surface area contributed by atoms with E-state index in [4.69, 9.17) is 4.74 Å². The molecule has 0 bridgehead atoms. The highest BCUT2D eigenvalue weighted by Crippen LogP contribution is 2.33. The van der Waals surface area contributed by atoms with Gasteiger partial charge in [-0.05, 0) is 48.1 Å². The average Bonchev–Trinajstić information content (AvgIpc) is 3.15. The van der Waals surface area contributed by atoms with E-state index in [9.17, 15) is 18.0 Å². The molecule has 2 amide bonds. The number of nitrogens with zero attached hydrogens (tertiary/aromatic N) is 2. The molecule has 2 aliphatic rings. The summed E-state index contributed by atoms with van der Waals surface area (Å²) in [6.07, 6.45) is 3.67. The quantitative estimate of drug-likeness (QED) is 0.513. The first-order valence-electron chi connectivity index (χ1n) is 11.5. The molecule has 0 N–H and O–H groups in total. The van der Waals surface area contributed by atoms with Gasteiger partial charge in [0.2, 0.25) is 10.0 Å². The Morgan fingerprint density at radius 1 is 0.853 bits per heavy atom. The molecule has 0 aliphatic carbocycles. The monoisotopic (exact) mass is 478 g/mol. The van der Waals surface area contributed by atoms with Gasteiger partial charge in [0.1, 0.15) is 10.6 Å². The van der Waals surface area contributed by atoms with Gasteiger partial charge in [-0.1, -0.05) is 43.2 Å². The number of benzene rings is 3. The molecule has 7 nitrogen and oxygen atoms in total. The van der Waals surface area contributed by atoms with Gasteiger partial charge in [-0.15, -0.1) is 0 Å². The molecule has 1 saturated heterocycles. The summed E-state index contributed by atoms with van der Waals surface area (Å²) in [4.78, 5) is 27.8. The minimum atomic E-state index is -3.78. The lowest BCUT2D eigenvalue weighted by Gasteiger charge is -2.27. The zero-order valence-corrected chi connectivity index (χ0v) is 19.8. The third-order valence-electron chi connectivity index (χ3n) is 6.61. The summed E-state index contributed by atoms with van der Waals surface area (Å²) in [7, 11) is -2.34. The van der Waals surface area contributed by atoms with Gasteiger partial charge in [0.25, 0.3) is 11.8 Å². The first-order chi connectivity index (χ1) is 16.4. The van der Waals surface area contributed by atoms with E-state index in [0.717, 1.165) is 31.1 Å². The molecule has 0 atom stereocenters. The number of amides is 2. The maximum absolute atomic E-state index is 13.5. The molecule has 0 unspecified atom stereocenters. The van der Waals surface area contributed by atoms with E-state index < -0.39 is 10.0 Å². The number of ether oxygens (including phenoxy) is 1. The average molecular weight is 479 g/mol. The summed E-state index contributed by atoms with van der Waals surface area (Å²) in [5, 5.41) is 1.50. The highest BCUT2D eigenvalue weighted by molar-refractivity contribution is 7.89. The largest absolute Gasteiger partial charge is 0.495 e. The van der Waals surface area contributed by atoms with Crippen LogP contribution < -0.4 is 4.74 Å². The van der Waals surface area contributed by atoms with Crippen LogP contribution in [0, 0.1) is 0 Å². The van der Waals surface area contributed by atoms with Crippen molar-refractivity contribution in [1.29, 1.82) is 0 Å². The molecular weight excluding hydrogens is 452 g/mol. The molecule has 0 aromatic heterocycles. The molecule has 3 aromatic rings. The fourth-order valence-corrected chi connectivity index (χ4v) is 6.57. The number of hydrogen-bond acceptors (Lipinski definition) is 5. The molecule has 34 heavy (non-hydrogen) atoms. The molecule has 1 fully saturated rings. The highest BCUT2D eigenvalue weighted by Gasteiger charge is 2.34. The zero-order chi connectivity index (χ0) is 23.9. The molecule has 5 rings (SSSR count). The van der Waals surface area contributed by atoms with Crippen LogP contribution in [0.5, 0.6) is 5.75 Å². The fraction of sp³-hybridized carbons (Fsp3) is 0.308. The van der Waals surface area contributed by atoms with E-state index in [2.05, 4.69) is 0 Å². The predicted octanol–water partition coefficient (Wildman–Crippen LogP) is 4.21. The number of sulfonamides is 1. The minimum Gasteiger partial charge on any atom is -0.495 e. The van der Waals surface area contributed by atoms with Crippen LogP contribution in [0.2, 0.25) is 0 Å². The molecule has 176 valence electrons. The van der Waals surface area contributed by atoms with E-state index >= 15 is 0 Å². The van der Waals surface area contributed by atoms with E-state index in [1.54, 1.807) is 36.4 Å². The van der Waals surface area contributed by atoms with Gasteiger partial charge >= 0.3 is 0 Å². The second kappa shape index (κ2) is 8.85. The Balaban J connectivity index is 1.51. The lowest BCUT2D eigenvalue weighted by molar-refractivity contribution is 0.0598. The van der Waals surface area contributed by atoms with Crippen molar-refractivity contribution in [2.45, 2.75) is 37.1 Å². The van der Waals surface area contributed by atoms with Crippen molar-refractivity contribution in [3.63, 3.8) is 0 Å². The van der Waals surface area contributed by atoms with Gasteiger partial charge in [-0.2, -0.15) is 4.31 Å². The first kappa shape index (κ1) is 22.6. The third kappa shape index (κ3) is 3.76. The molecule has 2 heterocycles. The van der Waals surface area contributed by atoms with Crippen LogP contribution in [-0.2, 0) is 16.6 Å². The molecular formula is C26H26N2O5S. The highest BCUT2D eigenvalue weighted by atomic mass is 32.2. The zero-order valence-electron chi connectivity index (χ0n) is 19.0. The van der Waals surface area contributed by atoms with Gasteiger partial charge < -0.3 is 4.74 Å². The predicted molar refractivity (Wildman–Crippen MR) is 128 cm³/mol. The topological polar surface area (TPSA) is 84.0 Å². The van der Waals surface area contributed by atoms with E-state index in [1.165, 1.54) is 22.4 Å². The number of imide groups is 1. The van der Waals surface area contributed by atoms with Crippen LogP contribution in [0.15, 0.2) is 59.5 Å². The molecule has 3 aromatic carbocycles. The summed E-state index contributed by atoms with van der Waals surface area (Å²) < 4.78 is 33.8. The number of methoxy groups -OCH3 is 1. The van der Waals surface area contributed by atoms with E-state index in [1.807, 2.05) is 12.1 Å². The maximum atomic E-state index is 13.5. The van der Waals surface area contributed by atoms with Crippen LogP contribution >= 0.6 is 0 Å². The van der Waals surface area contributed by atoms with Crippen molar-refractivity contribution in [1.82, 2.24) is 9.21 Å². The standard InChI is InChI=1S/C26H26N2O5S/c1-33-22-13-12-18(16-23(22)34(31,32)27-14-4-2-3-5-15-27)17-28-25(29)20-10-6-8-19-9-7-11-21(24(19)20)26(28)30/h6-13,16H,2-5,14-15,17H2,1H3. The van der Waals surface area contributed by atoms with Gasteiger partial charge in [0, 0.05) is 29.6 Å². The Bertz CT molecular complexity index is 1340. The molecule has 2 aliphatic heterocycles. The summed E-state index contributed by atoms with van der Waals surface area (Å²) in [5.41, 5.74) is 1.49. The van der Waals surface area contributed by atoms with Crippen LogP contribution in [-0.4, -0.2) is 49.6 Å². The van der Waals surface area contributed by atoms with Crippen molar-refractivity contribution in [3.8, 4) is 5.75 Å². The minimum absolute atomic E-state index is 0.0328. The van der Waals surface area contributed by atoms with Crippen molar-refractivity contribution in [3.05, 3.63) is 71.3 Å². The number of carbonyl (C=O) groups excluding carboxylic acids is 2. The summed E-state index contributed by atoms with van der Waals surface area (Å²) >= 11 is 0. The molecule has 8 heteroatoms. The van der Waals surface area contributed by atoms with Gasteiger partial charge in [-0.25, -0.2) is 8.42 Å². The van der Waals surface area contributed by atoms with Crippen LogP contribution in [0.1, 0.15) is 52.0 Å². The van der Waals surface area contributed by atoms with E-state index in [0.29, 0.717) is 35.2 Å². The van der Waals surface area contributed by atoms with Crippen molar-refractivity contribution < 1.29 is 22.7 Å². The maximum Gasteiger partial charge on any atom is 0.261 e. The Labute approximate surface area is 199 Å². The Kier molecular flexibility index (Phi) is 5.87. The van der Waals surface area contributed by atoms with Gasteiger partial charge in [0.05, 0.1) is 13.7 Å². The van der Waals surface area contributed by atoms with Crippen LogP contribution in [0.3, 0.4) is 0 Å². The summed E-state index contributed by atoms with van der Waals surface area (Å²) in [5.74, 6) is -0.525. The van der Waals surface area contributed by atoms with Crippen LogP contribution in [0.4, 0.5) is 0 Å². The number of rotatable bonds is 5. The first-order valence-corrected chi connectivity index (χ1v) is 12.9. The van der Waals surface area contributed by atoms with Gasteiger partial charge in [0.15, 0.2) is 0 Å². The normalized spacial score (nSPS) is 17.1. The van der Waals surface area contributed by atoms with E-state index in [-0.39, 0.29) is 29.0 Å². The smallest absolute Gasteiger partial charge is 0.261 e. The summed E-state index contributed by atoms with van der Waals surface area (Å²) in [6, 6.07) is 15.6. The molecule has 0 radical (unpaired) electrons. The van der Waals surface area contributed by atoms with Crippen molar-refractivity contribution >= 4 is 32.6 Å². The lowest BCUT2D eigenvalue weighted by Crippen LogP contribution is -2.39.